The molecule has 2 heterocycles. The number of halogens is 3. The molecule has 0 aliphatic carbocycles. The predicted octanol–water partition coefficient (Wildman–Crippen LogP) is 6.92. The zero-order valence-corrected chi connectivity index (χ0v) is 25.5. The number of alkyl halides is 3. The summed E-state index contributed by atoms with van der Waals surface area (Å²) >= 11 is 1.54. The number of carbonyl (C=O) groups is 1. The van der Waals surface area contributed by atoms with Gasteiger partial charge in [-0.25, -0.2) is 0 Å². The minimum absolute atomic E-state index is 0.0645. The Morgan fingerprint density at radius 3 is 2.34 bits per heavy atom. The Balaban J connectivity index is 1.72. The molecule has 0 aliphatic rings. The van der Waals surface area contributed by atoms with Gasteiger partial charge in [0, 0.05) is 38.1 Å². The number of nitrogens with zero attached hydrogens (tertiary/aromatic N) is 1. The first-order valence-electron chi connectivity index (χ1n) is 14.1. The van der Waals surface area contributed by atoms with Crippen LogP contribution in [0.25, 0.3) is 20.5 Å². The number of aromatic nitrogens is 1. The fourth-order valence-corrected chi connectivity index (χ4v) is 5.62. The lowest BCUT2D eigenvalue weighted by atomic mass is 9.80. The number of esters is 1. The number of hydrogen-bond donors (Lipinski definition) is 2. The van der Waals surface area contributed by atoms with Crippen LogP contribution in [0.1, 0.15) is 59.4 Å². The Hall–Kier alpha value is -2.69. The maximum absolute atomic E-state index is 13.9. The van der Waals surface area contributed by atoms with E-state index in [0.29, 0.717) is 12.2 Å². The van der Waals surface area contributed by atoms with E-state index >= 15 is 0 Å². The molecular formula is C31H42F3N3O3S. The van der Waals surface area contributed by atoms with Crippen LogP contribution in [-0.4, -0.2) is 41.9 Å². The SMILES string of the molecule is CCc1ccc(-c2cc3ccc(OCC(COC(=O)C(CC(C)[C@@H](C)N)C(C)(C)N)C(F)(F)F)cc3s2)c(CC)n1. The Bertz CT molecular complexity index is 1320. The van der Waals surface area contributed by atoms with Crippen LogP contribution >= 0.6 is 11.3 Å². The fraction of sp³-hybridized carbons (Fsp3) is 0.548. The van der Waals surface area contributed by atoms with E-state index in [2.05, 4.69) is 26.0 Å². The molecule has 3 aromatic rings. The van der Waals surface area contributed by atoms with Crippen LogP contribution in [0.15, 0.2) is 36.4 Å². The summed E-state index contributed by atoms with van der Waals surface area (Å²) in [6, 6.07) is 11.2. The Morgan fingerprint density at radius 1 is 1.05 bits per heavy atom. The van der Waals surface area contributed by atoms with E-state index in [1.807, 2.05) is 26.0 Å². The smallest absolute Gasteiger partial charge is 0.398 e. The first kappa shape index (κ1) is 32.8. The van der Waals surface area contributed by atoms with Gasteiger partial charge in [0.1, 0.15) is 24.9 Å². The monoisotopic (exact) mass is 593 g/mol. The lowest BCUT2D eigenvalue weighted by Gasteiger charge is -2.32. The number of rotatable bonds is 13. The van der Waals surface area contributed by atoms with Gasteiger partial charge in [0.05, 0.1) is 5.92 Å². The van der Waals surface area contributed by atoms with Crippen molar-refractivity contribution in [2.24, 2.45) is 29.2 Å². The summed E-state index contributed by atoms with van der Waals surface area (Å²) < 4.78 is 53.3. The van der Waals surface area contributed by atoms with Crippen molar-refractivity contribution in [3.8, 4) is 16.2 Å². The molecule has 0 aliphatic heterocycles. The number of nitrogens with two attached hydrogens (primary N) is 2. The van der Waals surface area contributed by atoms with Crippen LogP contribution in [-0.2, 0) is 22.4 Å². The summed E-state index contributed by atoms with van der Waals surface area (Å²) in [7, 11) is 0. The number of hydrogen-bond acceptors (Lipinski definition) is 7. The van der Waals surface area contributed by atoms with E-state index in [9.17, 15) is 18.0 Å². The molecule has 2 aromatic heterocycles. The Morgan fingerprint density at radius 2 is 1.76 bits per heavy atom. The number of benzene rings is 1. The zero-order valence-electron chi connectivity index (χ0n) is 24.7. The molecule has 4 N–H and O–H groups in total. The highest BCUT2D eigenvalue weighted by atomic mass is 32.1. The topological polar surface area (TPSA) is 100 Å². The van der Waals surface area contributed by atoms with E-state index < -0.39 is 42.7 Å². The standard InChI is InChI=1S/C31H42F3N3O3S/c1-7-22-10-12-24(26(8-2)37-22)28-14-20-9-11-23(15-27(20)41-28)39-16-21(31(32,33)34)17-40-29(38)25(30(5,6)36)13-18(3)19(4)35/h9-12,14-15,18-19,21,25H,7-8,13,16-17,35-36H2,1-6H3/t18?,19-,21?,25?/m1/s1. The normalized spacial score (nSPS) is 15.4. The second-order valence-electron chi connectivity index (χ2n) is 11.4. The lowest BCUT2D eigenvalue weighted by molar-refractivity contribution is -0.198. The number of fused-ring (bicyclic) bond motifs is 1. The first-order valence-corrected chi connectivity index (χ1v) is 14.9. The van der Waals surface area contributed by atoms with Gasteiger partial charge in [-0.3, -0.25) is 9.78 Å². The maximum Gasteiger partial charge on any atom is 0.398 e. The van der Waals surface area contributed by atoms with Crippen LogP contribution in [0, 0.1) is 17.8 Å². The second kappa shape index (κ2) is 13.5. The molecule has 4 atom stereocenters. The number of pyridine rings is 1. The van der Waals surface area contributed by atoms with Gasteiger partial charge in [0.25, 0.3) is 0 Å². The van der Waals surface area contributed by atoms with E-state index in [4.69, 9.17) is 25.9 Å². The summed E-state index contributed by atoms with van der Waals surface area (Å²) in [5, 5.41) is 0.969. The van der Waals surface area contributed by atoms with Crippen LogP contribution in [0.5, 0.6) is 5.75 Å². The van der Waals surface area contributed by atoms with Gasteiger partial charge in [0.2, 0.25) is 0 Å². The van der Waals surface area contributed by atoms with Gasteiger partial charge in [-0.05, 0) is 87.7 Å². The zero-order chi connectivity index (χ0) is 30.5. The quantitative estimate of drug-likeness (QED) is 0.209. The number of ether oxygens (including phenoxy) is 2. The summed E-state index contributed by atoms with van der Waals surface area (Å²) in [4.78, 5) is 18.6. The van der Waals surface area contributed by atoms with Crippen LogP contribution < -0.4 is 16.2 Å². The molecule has 3 rings (SSSR count). The van der Waals surface area contributed by atoms with Gasteiger partial charge >= 0.3 is 12.1 Å². The average Bonchev–Trinajstić information content (AvgIpc) is 3.32. The molecule has 0 saturated heterocycles. The van der Waals surface area contributed by atoms with E-state index in [1.54, 1.807) is 37.3 Å². The van der Waals surface area contributed by atoms with Crippen molar-refractivity contribution in [1.29, 1.82) is 0 Å². The largest absolute Gasteiger partial charge is 0.493 e. The molecular weight excluding hydrogens is 551 g/mol. The molecule has 0 radical (unpaired) electrons. The maximum atomic E-state index is 13.9. The molecule has 41 heavy (non-hydrogen) atoms. The minimum Gasteiger partial charge on any atom is -0.493 e. The Labute approximate surface area is 244 Å². The van der Waals surface area contributed by atoms with Crippen LogP contribution in [0.2, 0.25) is 0 Å². The highest BCUT2D eigenvalue weighted by molar-refractivity contribution is 7.22. The number of carbonyl (C=O) groups excluding carboxylic acids is 1. The van der Waals surface area contributed by atoms with E-state index in [0.717, 1.165) is 44.8 Å². The number of aryl methyl sites for hydroxylation is 2. The third kappa shape index (κ3) is 8.66. The van der Waals surface area contributed by atoms with Crippen molar-refractivity contribution in [1.82, 2.24) is 4.98 Å². The van der Waals surface area contributed by atoms with Gasteiger partial charge in [-0.2, -0.15) is 13.2 Å². The molecule has 226 valence electrons. The second-order valence-corrected chi connectivity index (χ2v) is 12.5. The molecule has 0 amide bonds. The molecule has 10 heteroatoms. The highest BCUT2D eigenvalue weighted by Crippen LogP contribution is 2.37. The minimum atomic E-state index is -4.62. The summed E-state index contributed by atoms with van der Waals surface area (Å²) in [5.41, 5.74) is 14.2. The number of thiophene rings is 1. The third-order valence-electron chi connectivity index (χ3n) is 7.51. The molecule has 0 spiro atoms. The molecule has 0 saturated carbocycles. The van der Waals surface area contributed by atoms with Crippen molar-refractivity contribution in [3.63, 3.8) is 0 Å². The third-order valence-corrected chi connectivity index (χ3v) is 8.65. The van der Waals surface area contributed by atoms with Crippen molar-refractivity contribution >= 4 is 27.4 Å². The van der Waals surface area contributed by atoms with Gasteiger partial charge in [-0.1, -0.05) is 20.8 Å². The average molecular weight is 594 g/mol. The first-order chi connectivity index (χ1) is 19.1. The van der Waals surface area contributed by atoms with Gasteiger partial charge in [-0.15, -0.1) is 11.3 Å². The van der Waals surface area contributed by atoms with Crippen molar-refractivity contribution in [2.75, 3.05) is 13.2 Å². The highest BCUT2D eigenvalue weighted by Gasteiger charge is 2.42. The fourth-order valence-electron chi connectivity index (χ4n) is 4.48. The lowest BCUT2D eigenvalue weighted by Crippen LogP contribution is -2.48. The van der Waals surface area contributed by atoms with Crippen LogP contribution in [0.4, 0.5) is 13.2 Å². The van der Waals surface area contributed by atoms with Crippen molar-refractivity contribution in [3.05, 3.63) is 47.8 Å². The molecule has 1 aromatic carbocycles. The van der Waals surface area contributed by atoms with Gasteiger partial charge < -0.3 is 20.9 Å². The summed E-state index contributed by atoms with van der Waals surface area (Å²) in [5.74, 6) is -3.31. The van der Waals surface area contributed by atoms with E-state index in [-0.39, 0.29) is 12.0 Å². The van der Waals surface area contributed by atoms with Crippen molar-refractivity contribution in [2.45, 2.75) is 78.6 Å². The molecule has 6 nitrogen and oxygen atoms in total. The summed E-state index contributed by atoms with van der Waals surface area (Å²) in [6.45, 7) is 9.59. The van der Waals surface area contributed by atoms with E-state index in [1.165, 1.54) is 0 Å². The molecule has 0 bridgehead atoms. The van der Waals surface area contributed by atoms with Crippen molar-refractivity contribution < 1.29 is 27.4 Å². The summed E-state index contributed by atoms with van der Waals surface area (Å²) in [6.07, 6.45) is -2.66. The molecule has 0 fully saturated rings. The van der Waals surface area contributed by atoms with Gasteiger partial charge in [0.15, 0.2) is 0 Å². The molecule has 3 unspecified atom stereocenters. The van der Waals surface area contributed by atoms with Crippen LogP contribution in [0.3, 0.4) is 0 Å². The predicted molar refractivity (Wildman–Crippen MR) is 159 cm³/mol. The Kier molecular flexibility index (Phi) is 10.8.